The van der Waals surface area contributed by atoms with E-state index in [0.29, 0.717) is 5.70 Å². The van der Waals surface area contributed by atoms with E-state index in [1.807, 2.05) is 18.2 Å². The van der Waals surface area contributed by atoms with Crippen molar-refractivity contribution in [3.63, 3.8) is 0 Å². The molecule has 0 fully saturated rings. The van der Waals surface area contributed by atoms with Crippen molar-refractivity contribution in [1.82, 2.24) is 0 Å². The lowest BCUT2D eigenvalue weighted by molar-refractivity contribution is -0.574. The molecular weight excluding hydrogens is 170 g/mol. The van der Waals surface area contributed by atoms with E-state index < -0.39 is 0 Å². The van der Waals surface area contributed by atoms with Crippen LogP contribution in [0.25, 0.3) is 5.70 Å². The van der Waals surface area contributed by atoms with E-state index in [4.69, 9.17) is 23.4 Å². The molecule has 3 nitrogen and oxygen atoms in total. The number of hydrogen-bond donors (Lipinski definition) is 2. The number of nitrogens with one attached hydrogen (secondary N) is 1. The number of nitrogens with zero attached hydrogens (tertiary/aromatic N) is 1. The average molecular weight is 178 g/mol. The van der Waals surface area contributed by atoms with Crippen LogP contribution in [0.4, 0.5) is 0 Å². The standard InChI is InChI=1S/C8H7N3S/c9-6-7(8(10)12)11-4-2-1-3-5-11/h1-5,9H,(H-,10,12)/p+1. The minimum absolute atomic E-state index is 0.168. The molecule has 0 bridgehead atoms. The molecule has 0 aromatic carbocycles. The Bertz CT molecular complexity index is 339. The molecule has 0 aliphatic heterocycles. The predicted octanol–water partition coefficient (Wildman–Crippen LogP) is 0.350. The van der Waals surface area contributed by atoms with E-state index in [2.05, 4.69) is 5.87 Å². The highest BCUT2D eigenvalue weighted by Gasteiger charge is 2.10. The highest BCUT2D eigenvalue weighted by molar-refractivity contribution is 7.81. The van der Waals surface area contributed by atoms with Gasteiger partial charge in [-0.25, -0.2) is 0 Å². The molecule has 0 atom stereocenters. The number of nitrogens with two attached hydrogens (primary N) is 1. The summed E-state index contributed by atoms with van der Waals surface area (Å²) in [7, 11) is 0. The molecule has 1 heterocycles. The predicted molar refractivity (Wildman–Crippen MR) is 50.9 cm³/mol. The lowest BCUT2D eigenvalue weighted by Gasteiger charge is -1.92. The van der Waals surface area contributed by atoms with E-state index in [-0.39, 0.29) is 4.99 Å². The molecule has 0 aliphatic rings. The van der Waals surface area contributed by atoms with Crippen LogP contribution in [0.1, 0.15) is 0 Å². The van der Waals surface area contributed by atoms with Gasteiger partial charge in [-0.1, -0.05) is 18.3 Å². The van der Waals surface area contributed by atoms with Crippen molar-refractivity contribution < 1.29 is 4.57 Å². The maximum absolute atomic E-state index is 6.95. The second-order valence-electron chi connectivity index (χ2n) is 2.12. The Morgan fingerprint density at radius 1 is 1.33 bits per heavy atom. The summed E-state index contributed by atoms with van der Waals surface area (Å²) in [5.74, 6) is 2.18. The molecular formula is C8H8N3S+. The summed E-state index contributed by atoms with van der Waals surface area (Å²) < 4.78 is 1.65. The van der Waals surface area contributed by atoms with Crippen molar-refractivity contribution >= 4 is 28.8 Å². The van der Waals surface area contributed by atoms with Gasteiger partial charge in [0.25, 0.3) is 0 Å². The Kier molecular flexibility index (Phi) is 2.69. The Balaban J connectivity index is 3.14. The van der Waals surface area contributed by atoms with Gasteiger partial charge >= 0.3 is 5.70 Å². The van der Waals surface area contributed by atoms with Crippen molar-refractivity contribution in [3.05, 3.63) is 30.6 Å². The van der Waals surface area contributed by atoms with Crippen molar-refractivity contribution in [2.24, 2.45) is 5.73 Å². The molecule has 1 aromatic heterocycles. The van der Waals surface area contributed by atoms with Crippen LogP contribution in [-0.2, 0) is 0 Å². The molecule has 0 saturated carbocycles. The van der Waals surface area contributed by atoms with Crippen molar-refractivity contribution in [3.8, 4) is 0 Å². The molecule has 4 heteroatoms. The molecule has 0 saturated heterocycles. The maximum atomic E-state index is 6.95. The van der Waals surface area contributed by atoms with Crippen LogP contribution < -0.4 is 10.3 Å². The molecule has 0 radical (unpaired) electrons. The Labute approximate surface area is 75.7 Å². The third-order valence-electron chi connectivity index (χ3n) is 1.33. The van der Waals surface area contributed by atoms with Crippen LogP contribution in [0.3, 0.4) is 0 Å². The van der Waals surface area contributed by atoms with E-state index in [9.17, 15) is 0 Å². The highest BCUT2D eigenvalue weighted by atomic mass is 32.1. The molecule has 12 heavy (non-hydrogen) atoms. The van der Waals surface area contributed by atoms with Gasteiger partial charge in [0.1, 0.15) is 0 Å². The fourth-order valence-corrected chi connectivity index (χ4v) is 0.958. The molecule has 0 amide bonds. The van der Waals surface area contributed by atoms with Gasteiger partial charge in [0.15, 0.2) is 17.4 Å². The normalized spacial score (nSPS) is 8.67. The van der Waals surface area contributed by atoms with Crippen LogP contribution >= 0.6 is 12.2 Å². The summed E-state index contributed by atoms with van der Waals surface area (Å²) >= 11 is 4.74. The molecule has 0 unspecified atom stereocenters. The molecule has 1 aromatic rings. The SMILES string of the molecule is N=C=C(C(N)=S)[n+]1ccccc1. The zero-order valence-corrected chi connectivity index (χ0v) is 7.14. The summed E-state index contributed by atoms with van der Waals surface area (Å²) in [5, 5.41) is 6.95. The van der Waals surface area contributed by atoms with Gasteiger partial charge in [-0.05, 0) is 0 Å². The number of rotatable bonds is 2. The first-order valence-electron chi connectivity index (χ1n) is 3.32. The second-order valence-corrected chi connectivity index (χ2v) is 2.56. The molecule has 0 spiro atoms. The van der Waals surface area contributed by atoms with Gasteiger partial charge in [0, 0.05) is 12.1 Å². The van der Waals surface area contributed by atoms with Crippen LogP contribution in [0.5, 0.6) is 0 Å². The maximum Gasteiger partial charge on any atom is 0.307 e. The summed E-state index contributed by atoms with van der Waals surface area (Å²) in [6, 6.07) is 5.53. The largest absolute Gasteiger partial charge is 0.384 e. The van der Waals surface area contributed by atoms with Gasteiger partial charge in [0.05, 0.1) is 5.87 Å². The molecule has 3 N–H and O–H groups in total. The summed E-state index contributed by atoms with van der Waals surface area (Å²) in [6.07, 6.45) is 3.52. The van der Waals surface area contributed by atoms with Gasteiger partial charge in [-0.3, -0.25) is 5.41 Å². The van der Waals surface area contributed by atoms with Crippen molar-refractivity contribution in [2.75, 3.05) is 0 Å². The van der Waals surface area contributed by atoms with Gasteiger partial charge in [-0.2, -0.15) is 4.57 Å². The van der Waals surface area contributed by atoms with Gasteiger partial charge in [-0.15, -0.1) is 0 Å². The first kappa shape index (κ1) is 8.59. The summed E-state index contributed by atoms with van der Waals surface area (Å²) in [5.41, 5.74) is 5.76. The van der Waals surface area contributed by atoms with Crippen molar-refractivity contribution in [2.45, 2.75) is 0 Å². The molecule has 0 aliphatic carbocycles. The number of thiocarbonyl (C=S) groups is 1. The van der Waals surface area contributed by atoms with Crippen LogP contribution in [0.2, 0.25) is 0 Å². The zero-order chi connectivity index (χ0) is 8.97. The third kappa shape index (κ3) is 1.75. The Hall–Kier alpha value is -1.51. The topological polar surface area (TPSA) is 53.8 Å². The lowest BCUT2D eigenvalue weighted by Crippen LogP contribution is -2.37. The monoisotopic (exact) mass is 178 g/mol. The Morgan fingerprint density at radius 3 is 2.33 bits per heavy atom. The van der Waals surface area contributed by atoms with Crippen LogP contribution in [-0.4, -0.2) is 10.9 Å². The second kappa shape index (κ2) is 3.76. The van der Waals surface area contributed by atoms with E-state index >= 15 is 0 Å². The third-order valence-corrected chi connectivity index (χ3v) is 1.52. The summed E-state index contributed by atoms with van der Waals surface area (Å²) in [6.45, 7) is 0. The quantitative estimate of drug-likeness (QED) is 0.297. The summed E-state index contributed by atoms with van der Waals surface area (Å²) in [4.78, 5) is 0.168. The van der Waals surface area contributed by atoms with Crippen LogP contribution in [0.15, 0.2) is 30.6 Å². The van der Waals surface area contributed by atoms with E-state index in [1.54, 1.807) is 17.0 Å². The van der Waals surface area contributed by atoms with Crippen LogP contribution in [0, 0.1) is 5.41 Å². The first-order chi connectivity index (χ1) is 5.75. The molecule has 1 rings (SSSR count). The molecule has 60 valence electrons. The minimum atomic E-state index is 0.168. The number of aromatic nitrogens is 1. The minimum Gasteiger partial charge on any atom is -0.384 e. The fraction of sp³-hybridized carbons (Fsp3) is 0. The zero-order valence-electron chi connectivity index (χ0n) is 6.32. The van der Waals surface area contributed by atoms with Gasteiger partial charge < -0.3 is 5.73 Å². The fourth-order valence-electron chi connectivity index (χ4n) is 0.801. The number of hydrogen-bond acceptors (Lipinski definition) is 2. The first-order valence-corrected chi connectivity index (χ1v) is 3.72. The average Bonchev–Trinajstić information content (AvgIpc) is 2.07. The Morgan fingerprint density at radius 2 is 1.92 bits per heavy atom. The number of pyridine rings is 1. The van der Waals surface area contributed by atoms with E-state index in [1.165, 1.54) is 0 Å². The highest BCUT2D eigenvalue weighted by Crippen LogP contribution is 1.87. The van der Waals surface area contributed by atoms with E-state index in [0.717, 1.165) is 0 Å². The van der Waals surface area contributed by atoms with Crippen molar-refractivity contribution in [1.29, 1.82) is 5.41 Å². The lowest BCUT2D eigenvalue weighted by atomic mass is 10.4. The van der Waals surface area contributed by atoms with Gasteiger partial charge in [0.2, 0.25) is 0 Å². The smallest absolute Gasteiger partial charge is 0.307 e.